The topological polar surface area (TPSA) is 69.5 Å². The third-order valence-electron chi connectivity index (χ3n) is 4.66. The molecule has 1 saturated heterocycles. The van der Waals surface area contributed by atoms with E-state index in [1.807, 2.05) is 32.9 Å². The van der Waals surface area contributed by atoms with Crippen molar-refractivity contribution in [3.63, 3.8) is 0 Å². The largest absolute Gasteiger partial charge is 0.490 e. The highest BCUT2D eigenvalue weighted by atomic mass is 35.5. The molecule has 1 aliphatic rings. The molecule has 7 nitrogen and oxygen atoms in total. The smallest absolute Gasteiger partial charge is 0.285 e. The average Bonchev–Trinajstić information content (AvgIpc) is 3.23. The molecule has 33 heavy (non-hydrogen) atoms. The Morgan fingerprint density at radius 1 is 1.21 bits per heavy atom. The molecule has 2 aromatic heterocycles. The van der Waals surface area contributed by atoms with E-state index in [0.29, 0.717) is 27.1 Å². The van der Waals surface area contributed by atoms with Crippen LogP contribution in [0.25, 0.3) is 6.08 Å². The van der Waals surface area contributed by atoms with E-state index >= 15 is 0 Å². The fourth-order valence-corrected chi connectivity index (χ4v) is 4.60. The fraction of sp³-hybridized carbons (Fsp3) is 0.182. The first-order valence-corrected chi connectivity index (χ1v) is 11.4. The van der Waals surface area contributed by atoms with E-state index in [1.165, 1.54) is 16.8 Å². The minimum Gasteiger partial charge on any atom is -0.490 e. The number of hydrogen-bond acceptors (Lipinski definition) is 7. The van der Waals surface area contributed by atoms with E-state index in [0.717, 1.165) is 17.6 Å². The third kappa shape index (κ3) is 4.73. The summed E-state index contributed by atoms with van der Waals surface area (Å²) < 4.78 is 27.5. The maximum absolute atomic E-state index is 14.0. The number of amides is 1. The Balaban J connectivity index is 1.64. The number of ether oxygens (including phenoxy) is 2. The fourth-order valence-electron chi connectivity index (χ4n) is 3.23. The van der Waals surface area contributed by atoms with Crippen molar-refractivity contribution < 1.29 is 18.7 Å². The van der Waals surface area contributed by atoms with Gasteiger partial charge in [0.05, 0.1) is 17.7 Å². The van der Waals surface area contributed by atoms with Crippen LogP contribution in [0.1, 0.15) is 23.9 Å². The van der Waals surface area contributed by atoms with Crippen molar-refractivity contribution in [1.29, 1.82) is 0 Å². The van der Waals surface area contributed by atoms with Gasteiger partial charge in [0.2, 0.25) is 11.1 Å². The lowest BCUT2D eigenvalue weighted by molar-refractivity contribution is -0.114. The van der Waals surface area contributed by atoms with Crippen LogP contribution in [-0.4, -0.2) is 31.5 Å². The normalized spacial score (nSPS) is 14.9. The Hall–Kier alpha value is -2.95. The van der Waals surface area contributed by atoms with Crippen molar-refractivity contribution in [3.05, 3.63) is 69.5 Å². The van der Waals surface area contributed by atoms with E-state index in [9.17, 15) is 9.18 Å². The molecule has 0 spiro atoms. The maximum atomic E-state index is 14.0. The molecule has 3 heterocycles. The summed E-state index contributed by atoms with van der Waals surface area (Å²) in [6, 6.07) is 8.87. The van der Waals surface area contributed by atoms with Crippen LogP contribution in [0.4, 0.5) is 4.39 Å². The van der Waals surface area contributed by atoms with Gasteiger partial charge in [0.25, 0.3) is 11.8 Å². The highest BCUT2D eigenvalue weighted by Crippen LogP contribution is 2.36. The molecule has 1 amide bonds. The standard InChI is InChI=1S/C22H18ClFN4O3S2/c1-4-30-17-9-14(7-8-16(17)31-19-15(24)11-25-21(23)26-19)10-18-20(29)28(22(32)33-18)27-12(2)5-6-13(27)3/h5-11H,4H2,1-3H3/b18-10+. The molecule has 0 aliphatic carbocycles. The van der Waals surface area contributed by atoms with Crippen LogP contribution in [0.15, 0.2) is 41.4 Å². The summed E-state index contributed by atoms with van der Waals surface area (Å²) in [7, 11) is 0. The van der Waals surface area contributed by atoms with E-state index < -0.39 is 5.82 Å². The number of nitrogens with zero attached hydrogens (tertiary/aromatic N) is 4. The van der Waals surface area contributed by atoms with Gasteiger partial charge in [0.1, 0.15) is 0 Å². The predicted octanol–water partition coefficient (Wildman–Crippen LogP) is 5.42. The van der Waals surface area contributed by atoms with Crippen LogP contribution in [-0.2, 0) is 4.79 Å². The molecule has 3 aromatic rings. The van der Waals surface area contributed by atoms with Crippen LogP contribution in [0, 0.1) is 19.7 Å². The number of carbonyl (C=O) groups is 1. The highest BCUT2D eigenvalue weighted by molar-refractivity contribution is 8.27. The Kier molecular flexibility index (Phi) is 6.68. The molecule has 4 rings (SSSR count). The summed E-state index contributed by atoms with van der Waals surface area (Å²) >= 11 is 12.4. The number of thioether (sulfide) groups is 1. The molecule has 0 atom stereocenters. The molecule has 1 aliphatic heterocycles. The van der Waals surface area contributed by atoms with Crippen molar-refractivity contribution in [3.8, 4) is 17.4 Å². The van der Waals surface area contributed by atoms with Crippen molar-refractivity contribution in [1.82, 2.24) is 14.6 Å². The summed E-state index contributed by atoms with van der Waals surface area (Å²) in [5.74, 6) is -0.697. The Morgan fingerprint density at radius 3 is 2.64 bits per heavy atom. The van der Waals surface area contributed by atoms with Gasteiger partial charge in [-0.2, -0.15) is 14.4 Å². The lowest BCUT2D eigenvalue weighted by atomic mass is 10.2. The second kappa shape index (κ2) is 9.50. The molecule has 170 valence electrons. The van der Waals surface area contributed by atoms with Crippen molar-refractivity contribution in [2.75, 3.05) is 11.6 Å². The minimum absolute atomic E-state index is 0.142. The van der Waals surface area contributed by atoms with Gasteiger partial charge in [0.15, 0.2) is 15.8 Å². The van der Waals surface area contributed by atoms with Crippen LogP contribution < -0.4 is 14.5 Å². The summed E-state index contributed by atoms with van der Waals surface area (Å²) in [5, 5.41) is 1.34. The quantitative estimate of drug-likeness (QED) is 0.252. The van der Waals surface area contributed by atoms with Crippen LogP contribution >= 0.6 is 35.6 Å². The molecule has 0 N–H and O–H groups in total. The van der Waals surface area contributed by atoms with Gasteiger partial charge in [-0.1, -0.05) is 17.8 Å². The average molecular weight is 505 g/mol. The maximum Gasteiger partial charge on any atom is 0.285 e. The Morgan fingerprint density at radius 2 is 1.94 bits per heavy atom. The molecule has 0 bridgehead atoms. The second-order valence-electron chi connectivity index (χ2n) is 6.95. The van der Waals surface area contributed by atoms with Gasteiger partial charge in [-0.15, -0.1) is 0 Å². The van der Waals surface area contributed by atoms with Gasteiger partial charge in [-0.05, 0) is 80.5 Å². The Bertz CT molecular complexity index is 1280. The number of aryl methyl sites for hydroxylation is 2. The predicted molar refractivity (Wildman–Crippen MR) is 130 cm³/mol. The van der Waals surface area contributed by atoms with Gasteiger partial charge >= 0.3 is 0 Å². The third-order valence-corrected chi connectivity index (χ3v) is 6.13. The van der Waals surface area contributed by atoms with Crippen molar-refractivity contribution in [2.24, 2.45) is 0 Å². The van der Waals surface area contributed by atoms with Crippen LogP contribution in [0.3, 0.4) is 0 Å². The first-order valence-electron chi connectivity index (χ1n) is 9.84. The summed E-state index contributed by atoms with van der Waals surface area (Å²) in [5.41, 5.74) is 2.50. The van der Waals surface area contributed by atoms with Gasteiger partial charge in [0, 0.05) is 11.4 Å². The first-order chi connectivity index (χ1) is 15.8. The highest BCUT2D eigenvalue weighted by Gasteiger charge is 2.34. The van der Waals surface area contributed by atoms with Crippen molar-refractivity contribution >= 4 is 51.9 Å². The second-order valence-corrected chi connectivity index (χ2v) is 8.97. The number of thiocarbonyl (C=S) groups is 1. The van der Waals surface area contributed by atoms with Crippen LogP contribution in [0.2, 0.25) is 5.28 Å². The molecular formula is C22H18ClFN4O3S2. The van der Waals surface area contributed by atoms with Crippen molar-refractivity contribution in [2.45, 2.75) is 20.8 Å². The van der Waals surface area contributed by atoms with E-state index in [-0.39, 0.29) is 22.8 Å². The van der Waals surface area contributed by atoms with E-state index in [4.69, 9.17) is 33.3 Å². The molecule has 0 saturated carbocycles. The SMILES string of the molecule is CCOc1cc(/C=C2/SC(=S)N(n3c(C)ccc3C)C2=O)ccc1Oc1nc(Cl)ncc1F. The summed E-state index contributed by atoms with van der Waals surface area (Å²) in [6.07, 6.45) is 2.65. The van der Waals surface area contributed by atoms with E-state index in [2.05, 4.69) is 9.97 Å². The monoisotopic (exact) mass is 504 g/mol. The number of halogens is 2. The molecule has 1 aromatic carbocycles. The molecule has 0 unspecified atom stereocenters. The number of rotatable bonds is 6. The van der Waals surface area contributed by atoms with E-state index in [1.54, 1.807) is 29.0 Å². The number of carbonyl (C=O) groups excluding carboxylic acids is 1. The lowest BCUT2D eigenvalue weighted by Crippen LogP contribution is -2.39. The summed E-state index contributed by atoms with van der Waals surface area (Å²) in [6.45, 7) is 5.98. The number of benzene rings is 1. The zero-order valence-electron chi connectivity index (χ0n) is 17.8. The lowest BCUT2D eigenvalue weighted by Gasteiger charge is -2.20. The van der Waals surface area contributed by atoms with Gasteiger partial charge < -0.3 is 9.47 Å². The van der Waals surface area contributed by atoms with Gasteiger partial charge in [-0.3, -0.25) is 9.47 Å². The molecule has 0 radical (unpaired) electrons. The molecule has 1 fully saturated rings. The minimum atomic E-state index is -0.759. The molecular weight excluding hydrogens is 487 g/mol. The Labute approximate surface area is 204 Å². The number of aromatic nitrogens is 3. The number of hydrogen-bond donors (Lipinski definition) is 0. The zero-order valence-corrected chi connectivity index (χ0v) is 20.2. The van der Waals surface area contributed by atoms with Gasteiger partial charge in [-0.25, -0.2) is 4.98 Å². The first kappa shape index (κ1) is 23.2. The molecule has 11 heteroatoms. The van der Waals surface area contributed by atoms with Crippen LogP contribution in [0.5, 0.6) is 17.4 Å². The zero-order chi connectivity index (χ0) is 23.7. The summed E-state index contributed by atoms with van der Waals surface area (Å²) in [4.78, 5) is 20.9.